The third kappa shape index (κ3) is 4.34. The Bertz CT molecular complexity index is 858. The predicted octanol–water partition coefficient (Wildman–Crippen LogP) is 2.80. The molecule has 2 aromatic carbocycles. The Balaban J connectivity index is 1.58. The summed E-state index contributed by atoms with van der Waals surface area (Å²) in [6.45, 7) is 3.76. The van der Waals surface area contributed by atoms with E-state index in [1.807, 2.05) is 30.3 Å². The van der Waals surface area contributed by atoms with Crippen molar-refractivity contribution in [1.29, 1.82) is 0 Å². The van der Waals surface area contributed by atoms with Crippen molar-refractivity contribution >= 4 is 11.8 Å². The molecule has 3 aromatic rings. The molecule has 0 saturated carbocycles. The number of hydrogen-bond acceptors (Lipinski definition) is 4. The van der Waals surface area contributed by atoms with Crippen LogP contribution in [0, 0.1) is 0 Å². The Morgan fingerprint density at radius 3 is 2.41 bits per heavy atom. The van der Waals surface area contributed by atoms with Crippen LogP contribution in [-0.4, -0.2) is 45.3 Å². The number of nitrogens with zero attached hydrogens (tertiary/aromatic N) is 3. The molecule has 1 aliphatic rings. The number of rotatable bonds is 6. The summed E-state index contributed by atoms with van der Waals surface area (Å²) >= 11 is 1.77. The van der Waals surface area contributed by atoms with Crippen LogP contribution in [0.5, 0.6) is 5.75 Å². The Morgan fingerprint density at radius 2 is 1.67 bits per heavy atom. The second-order valence-corrected chi connectivity index (χ2v) is 8.00. The summed E-state index contributed by atoms with van der Waals surface area (Å²) in [7, 11) is 0. The fraction of sp³-hybridized carbons (Fsp3) is 0.333. The summed E-state index contributed by atoms with van der Waals surface area (Å²) in [4.78, 5) is 1.71. The monoisotopic (exact) mass is 381 g/mol. The fourth-order valence-electron chi connectivity index (χ4n) is 3.56. The molecule has 140 valence electrons. The number of aromatic hydroxyl groups is 1. The summed E-state index contributed by atoms with van der Waals surface area (Å²) in [5, 5.41) is 19.4. The lowest BCUT2D eigenvalue weighted by molar-refractivity contribution is -0.902. The van der Waals surface area contributed by atoms with E-state index in [4.69, 9.17) is 0 Å². The smallest absolute Gasteiger partial charge is 0.196 e. The van der Waals surface area contributed by atoms with Gasteiger partial charge >= 0.3 is 0 Å². The van der Waals surface area contributed by atoms with Crippen LogP contribution >= 0.6 is 11.8 Å². The Morgan fingerprint density at radius 1 is 0.926 bits per heavy atom. The number of aromatic nitrogens is 3. The third-order valence-electron chi connectivity index (χ3n) is 5.02. The predicted molar refractivity (Wildman–Crippen MR) is 109 cm³/mol. The number of likely N-dealkylation sites (tertiary alicyclic amines) is 1. The maximum atomic E-state index is 9.59. The summed E-state index contributed by atoms with van der Waals surface area (Å²) in [6, 6.07) is 17.4. The molecular formula is C21H25N4OS+. The van der Waals surface area contributed by atoms with E-state index in [0.29, 0.717) is 0 Å². The van der Waals surface area contributed by atoms with Gasteiger partial charge in [0.05, 0.1) is 25.4 Å². The van der Waals surface area contributed by atoms with Crippen molar-refractivity contribution in [2.45, 2.75) is 24.4 Å². The van der Waals surface area contributed by atoms with Gasteiger partial charge in [0.25, 0.3) is 0 Å². The van der Waals surface area contributed by atoms with Crippen LogP contribution in [0.1, 0.15) is 19.3 Å². The molecule has 0 bridgehead atoms. The van der Waals surface area contributed by atoms with Gasteiger partial charge in [-0.2, -0.15) is 0 Å². The minimum Gasteiger partial charge on any atom is -0.508 e. The van der Waals surface area contributed by atoms with Gasteiger partial charge in [-0.25, -0.2) is 0 Å². The van der Waals surface area contributed by atoms with Gasteiger partial charge in [-0.3, -0.25) is 4.57 Å². The molecule has 0 atom stereocenters. The molecule has 1 fully saturated rings. The lowest BCUT2D eigenvalue weighted by Gasteiger charge is -2.23. The molecule has 27 heavy (non-hydrogen) atoms. The van der Waals surface area contributed by atoms with E-state index in [1.54, 1.807) is 28.8 Å². The van der Waals surface area contributed by atoms with Crippen molar-refractivity contribution in [3.05, 3.63) is 54.6 Å². The maximum absolute atomic E-state index is 9.59. The first kappa shape index (κ1) is 18.1. The van der Waals surface area contributed by atoms with Crippen molar-refractivity contribution in [3.63, 3.8) is 0 Å². The number of nitrogens with one attached hydrogen (secondary N) is 1. The first-order valence-electron chi connectivity index (χ1n) is 9.58. The van der Waals surface area contributed by atoms with Crippen LogP contribution in [0.3, 0.4) is 0 Å². The van der Waals surface area contributed by atoms with Gasteiger partial charge in [0.1, 0.15) is 5.75 Å². The standard InChI is InChI=1S/C21H24N4OS/c26-19-11-9-17(10-12-19)20-22-23-21(25(20)18-7-3-1-4-8-18)27-16-15-24-13-5-2-6-14-24/h1,3-4,7-12,26H,2,5-6,13-16H2/p+1. The molecule has 4 rings (SSSR count). The Kier molecular flexibility index (Phi) is 5.75. The molecule has 5 nitrogen and oxygen atoms in total. The molecule has 1 saturated heterocycles. The number of phenols is 1. The van der Waals surface area contributed by atoms with E-state index in [2.05, 4.69) is 26.9 Å². The number of benzene rings is 2. The summed E-state index contributed by atoms with van der Waals surface area (Å²) in [5.41, 5.74) is 2.00. The van der Waals surface area contributed by atoms with Gasteiger partial charge in [-0.05, 0) is 55.7 Å². The van der Waals surface area contributed by atoms with Crippen LogP contribution < -0.4 is 4.90 Å². The number of hydrogen-bond donors (Lipinski definition) is 2. The van der Waals surface area contributed by atoms with E-state index in [0.717, 1.165) is 28.0 Å². The molecule has 1 aromatic heterocycles. The average Bonchev–Trinajstić information content (AvgIpc) is 3.14. The summed E-state index contributed by atoms with van der Waals surface area (Å²) in [5.74, 6) is 2.09. The minimum atomic E-state index is 0.253. The maximum Gasteiger partial charge on any atom is 0.196 e. The van der Waals surface area contributed by atoms with Crippen molar-refractivity contribution < 1.29 is 10.0 Å². The van der Waals surface area contributed by atoms with Gasteiger partial charge < -0.3 is 10.0 Å². The minimum absolute atomic E-state index is 0.253. The van der Waals surface area contributed by atoms with Crippen LogP contribution in [0.15, 0.2) is 59.8 Å². The molecule has 0 radical (unpaired) electrons. The van der Waals surface area contributed by atoms with Gasteiger partial charge in [0.15, 0.2) is 11.0 Å². The van der Waals surface area contributed by atoms with Gasteiger partial charge in [0.2, 0.25) is 0 Å². The van der Waals surface area contributed by atoms with Crippen molar-refractivity contribution in [2.24, 2.45) is 0 Å². The lowest BCUT2D eigenvalue weighted by Crippen LogP contribution is -3.13. The van der Waals surface area contributed by atoms with E-state index in [9.17, 15) is 5.11 Å². The SMILES string of the molecule is Oc1ccc(-c2nnc(SCC[NH+]3CCCCC3)n2-c2ccccc2)cc1. The normalized spacial score (nSPS) is 15.1. The highest BCUT2D eigenvalue weighted by molar-refractivity contribution is 7.99. The fourth-order valence-corrected chi connectivity index (χ4v) is 4.55. The lowest BCUT2D eigenvalue weighted by atomic mass is 10.1. The first-order valence-corrected chi connectivity index (χ1v) is 10.6. The molecule has 6 heteroatoms. The van der Waals surface area contributed by atoms with Crippen LogP contribution in [0.2, 0.25) is 0 Å². The molecule has 0 aliphatic carbocycles. The molecule has 2 N–H and O–H groups in total. The summed E-state index contributed by atoms with van der Waals surface area (Å²) in [6.07, 6.45) is 4.09. The first-order chi connectivity index (χ1) is 13.3. The number of quaternary nitrogens is 1. The highest BCUT2D eigenvalue weighted by atomic mass is 32.2. The van der Waals surface area contributed by atoms with Crippen LogP contribution in [0.4, 0.5) is 0 Å². The van der Waals surface area contributed by atoms with Crippen LogP contribution in [0.25, 0.3) is 17.1 Å². The quantitative estimate of drug-likeness (QED) is 0.645. The highest BCUT2D eigenvalue weighted by Crippen LogP contribution is 2.28. The third-order valence-corrected chi connectivity index (χ3v) is 5.95. The molecule has 0 unspecified atom stereocenters. The van der Waals surface area contributed by atoms with Crippen molar-refractivity contribution in [1.82, 2.24) is 14.8 Å². The zero-order valence-corrected chi connectivity index (χ0v) is 16.2. The topological polar surface area (TPSA) is 55.4 Å². The molecule has 1 aliphatic heterocycles. The number of piperidine rings is 1. The number of para-hydroxylation sites is 1. The zero-order valence-electron chi connectivity index (χ0n) is 15.3. The number of phenolic OH excluding ortho intramolecular Hbond substituents is 1. The van der Waals surface area contributed by atoms with Crippen molar-refractivity contribution in [2.75, 3.05) is 25.4 Å². The molecule has 0 amide bonds. The number of thioether (sulfide) groups is 1. The largest absolute Gasteiger partial charge is 0.508 e. The van der Waals surface area contributed by atoms with E-state index in [-0.39, 0.29) is 5.75 Å². The van der Waals surface area contributed by atoms with Gasteiger partial charge in [-0.15, -0.1) is 10.2 Å². The van der Waals surface area contributed by atoms with E-state index < -0.39 is 0 Å². The highest BCUT2D eigenvalue weighted by Gasteiger charge is 2.18. The van der Waals surface area contributed by atoms with Crippen molar-refractivity contribution in [3.8, 4) is 22.8 Å². The Labute approximate surface area is 164 Å². The molecule has 0 spiro atoms. The molecular weight excluding hydrogens is 356 g/mol. The second-order valence-electron chi connectivity index (χ2n) is 6.93. The zero-order chi connectivity index (χ0) is 18.5. The van der Waals surface area contributed by atoms with Crippen LogP contribution in [-0.2, 0) is 0 Å². The molecule has 2 heterocycles. The second kappa shape index (κ2) is 8.59. The van der Waals surface area contributed by atoms with E-state index in [1.165, 1.54) is 38.9 Å². The Hall–Kier alpha value is -2.31. The summed E-state index contributed by atoms with van der Waals surface area (Å²) < 4.78 is 2.11. The van der Waals surface area contributed by atoms with Gasteiger partial charge in [-0.1, -0.05) is 30.0 Å². The van der Waals surface area contributed by atoms with E-state index >= 15 is 0 Å². The average molecular weight is 382 g/mol. The van der Waals surface area contributed by atoms with Gasteiger partial charge in [0, 0.05) is 11.3 Å².